The number of carbonyl (C=O) groups is 1. The Bertz CT molecular complexity index is 822. The molecule has 142 valence electrons. The molecular weight excluding hydrogens is 418 g/mol. The lowest BCUT2D eigenvalue weighted by atomic mass is 10.2. The van der Waals surface area contributed by atoms with Gasteiger partial charge in [0.1, 0.15) is 11.3 Å². The van der Waals surface area contributed by atoms with E-state index in [1.165, 1.54) is 12.1 Å². The minimum Gasteiger partial charge on any atom is -0.444 e. The molecule has 0 unspecified atom stereocenters. The Morgan fingerprint density at radius 2 is 1.69 bits per heavy atom. The van der Waals surface area contributed by atoms with Gasteiger partial charge in [-0.1, -0.05) is 34.8 Å². The number of halogens is 6. The highest BCUT2D eigenvalue weighted by Gasteiger charge is 2.40. The summed E-state index contributed by atoms with van der Waals surface area (Å²) in [4.78, 5) is 11.8. The van der Waals surface area contributed by atoms with Crippen molar-refractivity contribution < 1.29 is 22.7 Å². The largest absolute Gasteiger partial charge is 0.444 e. The Morgan fingerprint density at radius 1 is 1.15 bits per heavy atom. The van der Waals surface area contributed by atoms with Crippen molar-refractivity contribution in [2.24, 2.45) is 0 Å². The summed E-state index contributed by atoms with van der Waals surface area (Å²) in [6.45, 7) is 4.73. The first-order valence-electron chi connectivity index (χ1n) is 7.10. The van der Waals surface area contributed by atoms with Crippen LogP contribution in [0.25, 0.3) is 5.69 Å². The molecule has 0 atom stereocenters. The summed E-state index contributed by atoms with van der Waals surface area (Å²) in [7, 11) is 0. The molecule has 0 aliphatic carbocycles. The third-order valence-corrected chi connectivity index (χ3v) is 3.66. The van der Waals surface area contributed by atoms with Gasteiger partial charge in [-0.2, -0.15) is 18.3 Å². The number of nitrogens with zero attached hydrogens (tertiary/aromatic N) is 2. The summed E-state index contributed by atoms with van der Waals surface area (Å²) in [6, 6.07) is 2.46. The first kappa shape index (κ1) is 20.7. The standard InChI is InChI=1S/C15H13Cl3F3N3O2/c1-14(2,3)26-13(25)23-10-6-22-24(12(10)15(19,20)21)11-8(17)4-7(16)5-9(11)18/h4-6H,1-3H3,(H,23,25). The first-order chi connectivity index (χ1) is 11.8. The smallest absolute Gasteiger partial charge is 0.435 e. The number of carbonyl (C=O) groups excluding carboxylic acids is 1. The van der Waals surface area contributed by atoms with Crippen LogP contribution in [0.15, 0.2) is 18.3 Å². The summed E-state index contributed by atoms with van der Waals surface area (Å²) in [5.74, 6) is 0. The molecule has 0 radical (unpaired) electrons. The molecule has 0 aliphatic rings. The molecule has 0 fully saturated rings. The summed E-state index contributed by atoms with van der Waals surface area (Å²) in [6.07, 6.45) is -5.10. The fourth-order valence-corrected chi connectivity index (χ4v) is 3.01. The van der Waals surface area contributed by atoms with Crippen molar-refractivity contribution >= 4 is 46.6 Å². The first-order valence-corrected chi connectivity index (χ1v) is 8.23. The van der Waals surface area contributed by atoms with Gasteiger partial charge in [0.2, 0.25) is 0 Å². The van der Waals surface area contributed by atoms with E-state index < -0.39 is 29.3 Å². The number of anilines is 1. The quantitative estimate of drug-likeness (QED) is 0.617. The molecule has 1 N–H and O–H groups in total. The molecule has 11 heteroatoms. The fraction of sp³-hybridized carbons (Fsp3) is 0.333. The van der Waals surface area contributed by atoms with Gasteiger partial charge in [0.15, 0.2) is 5.69 Å². The number of aromatic nitrogens is 2. The molecule has 1 amide bonds. The van der Waals surface area contributed by atoms with Crippen molar-refractivity contribution in [1.82, 2.24) is 9.78 Å². The van der Waals surface area contributed by atoms with Gasteiger partial charge >= 0.3 is 12.3 Å². The molecule has 0 saturated heterocycles. The normalized spacial score (nSPS) is 12.2. The van der Waals surface area contributed by atoms with Crippen molar-refractivity contribution in [2.75, 3.05) is 5.32 Å². The number of benzene rings is 1. The zero-order valence-electron chi connectivity index (χ0n) is 13.7. The third-order valence-electron chi connectivity index (χ3n) is 2.87. The van der Waals surface area contributed by atoms with Gasteiger partial charge in [-0.25, -0.2) is 9.48 Å². The number of alkyl halides is 3. The average molecular weight is 431 g/mol. The monoisotopic (exact) mass is 429 g/mol. The number of rotatable bonds is 2. The maximum absolute atomic E-state index is 13.6. The number of amides is 1. The van der Waals surface area contributed by atoms with E-state index in [9.17, 15) is 18.0 Å². The Hall–Kier alpha value is -1.64. The molecule has 0 bridgehead atoms. The van der Waals surface area contributed by atoms with E-state index >= 15 is 0 Å². The lowest BCUT2D eigenvalue weighted by Crippen LogP contribution is -2.28. The summed E-state index contributed by atoms with van der Waals surface area (Å²) < 4.78 is 46.2. The number of hydrogen-bond acceptors (Lipinski definition) is 3. The van der Waals surface area contributed by atoms with Crippen LogP contribution in [0.2, 0.25) is 15.1 Å². The summed E-state index contributed by atoms with van der Waals surface area (Å²) in [5.41, 5.74) is -2.98. The third kappa shape index (κ3) is 4.75. The second-order valence-corrected chi connectivity index (χ2v) is 7.41. The van der Waals surface area contributed by atoms with Crippen LogP contribution in [0.3, 0.4) is 0 Å². The van der Waals surface area contributed by atoms with Crippen LogP contribution in [0.1, 0.15) is 26.5 Å². The van der Waals surface area contributed by atoms with Crippen LogP contribution in [-0.4, -0.2) is 21.5 Å². The molecule has 1 aromatic carbocycles. The fourth-order valence-electron chi connectivity index (χ4n) is 2.03. The lowest BCUT2D eigenvalue weighted by Gasteiger charge is -2.20. The van der Waals surface area contributed by atoms with Crippen molar-refractivity contribution in [3.8, 4) is 5.69 Å². The van der Waals surface area contributed by atoms with Gasteiger partial charge in [0.05, 0.1) is 21.9 Å². The zero-order chi connectivity index (χ0) is 19.9. The average Bonchev–Trinajstić information content (AvgIpc) is 2.78. The van der Waals surface area contributed by atoms with Crippen LogP contribution < -0.4 is 5.32 Å². The molecule has 0 saturated carbocycles. The van der Waals surface area contributed by atoms with E-state index in [0.29, 0.717) is 4.68 Å². The predicted molar refractivity (Wildman–Crippen MR) is 93.5 cm³/mol. The maximum Gasteiger partial charge on any atom is 0.435 e. The molecule has 1 heterocycles. The summed E-state index contributed by atoms with van der Waals surface area (Å²) >= 11 is 17.7. The minimum absolute atomic E-state index is 0.139. The zero-order valence-corrected chi connectivity index (χ0v) is 16.0. The second-order valence-electron chi connectivity index (χ2n) is 6.16. The van der Waals surface area contributed by atoms with Gasteiger partial charge in [0, 0.05) is 5.02 Å². The molecule has 0 spiro atoms. The van der Waals surface area contributed by atoms with Gasteiger partial charge in [-0.05, 0) is 32.9 Å². The Labute approximate surface area is 162 Å². The van der Waals surface area contributed by atoms with Crippen LogP contribution in [0.4, 0.5) is 23.7 Å². The van der Waals surface area contributed by atoms with Crippen LogP contribution in [0, 0.1) is 0 Å². The Kier molecular flexibility index (Phi) is 5.70. The van der Waals surface area contributed by atoms with Crippen molar-refractivity contribution in [2.45, 2.75) is 32.5 Å². The maximum atomic E-state index is 13.6. The lowest BCUT2D eigenvalue weighted by molar-refractivity contribution is -0.142. The van der Waals surface area contributed by atoms with Crippen LogP contribution >= 0.6 is 34.8 Å². The Balaban J connectivity index is 2.54. The van der Waals surface area contributed by atoms with Crippen molar-refractivity contribution in [3.05, 3.63) is 39.1 Å². The molecule has 2 aromatic rings. The topological polar surface area (TPSA) is 56.1 Å². The molecule has 26 heavy (non-hydrogen) atoms. The van der Waals surface area contributed by atoms with Crippen molar-refractivity contribution in [1.29, 1.82) is 0 Å². The molecule has 5 nitrogen and oxygen atoms in total. The highest BCUT2D eigenvalue weighted by Crippen LogP contribution is 2.40. The van der Waals surface area contributed by atoms with Gasteiger partial charge < -0.3 is 4.74 Å². The van der Waals surface area contributed by atoms with E-state index in [1.54, 1.807) is 20.8 Å². The van der Waals surface area contributed by atoms with Gasteiger partial charge in [-0.3, -0.25) is 5.32 Å². The molecule has 0 aliphatic heterocycles. The highest BCUT2D eigenvalue weighted by molar-refractivity contribution is 6.40. The van der Waals surface area contributed by atoms with E-state index in [0.717, 1.165) is 6.20 Å². The molecule has 1 aromatic heterocycles. The van der Waals surface area contributed by atoms with E-state index in [2.05, 4.69) is 5.10 Å². The van der Waals surface area contributed by atoms with E-state index in [1.807, 2.05) is 5.32 Å². The molecular formula is C15H13Cl3F3N3O2. The van der Waals surface area contributed by atoms with Gasteiger partial charge in [0.25, 0.3) is 0 Å². The SMILES string of the molecule is CC(C)(C)OC(=O)Nc1cnn(-c2c(Cl)cc(Cl)cc2Cl)c1C(F)(F)F. The van der Waals surface area contributed by atoms with Crippen LogP contribution in [0.5, 0.6) is 0 Å². The van der Waals surface area contributed by atoms with E-state index in [-0.39, 0.29) is 20.8 Å². The second kappa shape index (κ2) is 7.17. The minimum atomic E-state index is -4.87. The van der Waals surface area contributed by atoms with E-state index in [4.69, 9.17) is 39.5 Å². The number of ether oxygens (including phenoxy) is 1. The summed E-state index contributed by atoms with van der Waals surface area (Å²) in [5, 5.41) is 5.58. The van der Waals surface area contributed by atoms with Crippen LogP contribution in [-0.2, 0) is 10.9 Å². The number of hydrogen-bond donors (Lipinski definition) is 1. The van der Waals surface area contributed by atoms with Crippen molar-refractivity contribution in [3.63, 3.8) is 0 Å². The number of nitrogens with one attached hydrogen (secondary N) is 1. The predicted octanol–water partition coefficient (Wildman–Crippen LogP) is 6.20. The van der Waals surface area contributed by atoms with Gasteiger partial charge in [-0.15, -0.1) is 0 Å². The highest BCUT2D eigenvalue weighted by atomic mass is 35.5. The Morgan fingerprint density at radius 3 is 2.15 bits per heavy atom. The molecule has 2 rings (SSSR count).